The monoisotopic (exact) mass is 229 g/mol. The standard InChI is InChI=1S/C14H19N3/c1-2-14-16-12-5-3-4-6-13(12)17(14)10-9-15-11-7-8-11/h3-6,11,15H,2,7-10H2,1H3. The van der Waals surface area contributed by atoms with Gasteiger partial charge in [0.1, 0.15) is 5.82 Å². The lowest BCUT2D eigenvalue weighted by Crippen LogP contribution is -2.22. The van der Waals surface area contributed by atoms with E-state index in [2.05, 4.69) is 46.1 Å². The topological polar surface area (TPSA) is 29.9 Å². The van der Waals surface area contributed by atoms with Gasteiger partial charge in [0, 0.05) is 25.6 Å². The Morgan fingerprint density at radius 1 is 1.35 bits per heavy atom. The number of aryl methyl sites for hydroxylation is 1. The van der Waals surface area contributed by atoms with Gasteiger partial charge >= 0.3 is 0 Å². The highest BCUT2D eigenvalue weighted by Gasteiger charge is 2.20. The van der Waals surface area contributed by atoms with Crippen LogP contribution in [0.15, 0.2) is 24.3 Å². The van der Waals surface area contributed by atoms with Crippen molar-refractivity contribution >= 4 is 11.0 Å². The fourth-order valence-electron chi connectivity index (χ4n) is 2.31. The minimum absolute atomic E-state index is 0.787. The number of nitrogens with one attached hydrogen (secondary N) is 1. The van der Waals surface area contributed by atoms with E-state index in [9.17, 15) is 0 Å². The molecular weight excluding hydrogens is 210 g/mol. The van der Waals surface area contributed by atoms with Crippen LogP contribution in [-0.2, 0) is 13.0 Å². The zero-order valence-corrected chi connectivity index (χ0v) is 10.3. The van der Waals surface area contributed by atoms with Gasteiger partial charge in [0.05, 0.1) is 11.0 Å². The Hall–Kier alpha value is -1.35. The van der Waals surface area contributed by atoms with E-state index in [1.807, 2.05) is 0 Å². The van der Waals surface area contributed by atoms with Crippen LogP contribution in [-0.4, -0.2) is 22.1 Å². The average Bonchev–Trinajstić information content (AvgIpc) is 3.11. The number of hydrogen-bond acceptors (Lipinski definition) is 2. The molecule has 0 spiro atoms. The van der Waals surface area contributed by atoms with Crippen LogP contribution in [0.25, 0.3) is 11.0 Å². The maximum Gasteiger partial charge on any atom is 0.109 e. The number of benzene rings is 1. The Morgan fingerprint density at radius 2 is 2.18 bits per heavy atom. The van der Waals surface area contributed by atoms with E-state index in [0.29, 0.717) is 0 Å². The fourth-order valence-corrected chi connectivity index (χ4v) is 2.31. The molecule has 17 heavy (non-hydrogen) atoms. The average molecular weight is 229 g/mol. The fraction of sp³-hybridized carbons (Fsp3) is 0.500. The molecule has 0 aliphatic heterocycles. The van der Waals surface area contributed by atoms with Gasteiger partial charge in [-0.1, -0.05) is 19.1 Å². The van der Waals surface area contributed by atoms with E-state index in [1.165, 1.54) is 24.2 Å². The molecule has 2 aromatic rings. The maximum atomic E-state index is 4.68. The van der Waals surface area contributed by atoms with Gasteiger partial charge in [0.25, 0.3) is 0 Å². The number of hydrogen-bond donors (Lipinski definition) is 1. The van der Waals surface area contributed by atoms with Crippen LogP contribution < -0.4 is 5.32 Å². The molecule has 0 radical (unpaired) electrons. The first-order valence-corrected chi connectivity index (χ1v) is 6.56. The number of aromatic nitrogens is 2. The summed E-state index contributed by atoms with van der Waals surface area (Å²) in [5.74, 6) is 1.20. The van der Waals surface area contributed by atoms with Crippen molar-refractivity contribution in [1.82, 2.24) is 14.9 Å². The van der Waals surface area contributed by atoms with Crippen molar-refractivity contribution in [3.63, 3.8) is 0 Å². The molecule has 1 heterocycles. The SMILES string of the molecule is CCc1nc2ccccc2n1CCNC1CC1. The van der Waals surface area contributed by atoms with Gasteiger partial charge in [-0.25, -0.2) is 4.98 Å². The molecule has 0 saturated heterocycles. The van der Waals surface area contributed by atoms with Crippen LogP contribution in [0.5, 0.6) is 0 Å². The van der Waals surface area contributed by atoms with E-state index in [0.717, 1.165) is 31.1 Å². The number of nitrogens with zero attached hydrogens (tertiary/aromatic N) is 2. The molecule has 1 aliphatic rings. The summed E-state index contributed by atoms with van der Waals surface area (Å²) in [6.45, 7) is 4.25. The van der Waals surface area contributed by atoms with Crippen molar-refractivity contribution in [2.45, 2.75) is 38.8 Å². The molecule has 1 N–H and O–H groups in total. The minimum atomic E-state index is 0.787. The Labute approximate surface area is 102 Å². The van der Waals surface area contributed by atoms with Gasteiger partial charge in [0.15, 0.2) is 0 Å². The van der Waals surface area contributed by atoms with Crippen LogP contribution in [0.3, 0.4) is 0 Å². The predicted octanol–water partition coefficient (Wildman–Crippen LogP) is 2.35. The highest BCUT2D eigenvalue weighted by Crippen LogP contribution is 2.19. The molecule has 0 amide bonds. The lowest BCUT2D eigenvalue weighted by molar-refractivity contribution is 0.588. The van der Waals surface area contributed by atoms with Gasteiger partial charge < -0.3 is 9.88 Å². The molecule has 0 atom stereocenters. The Kier molecular flexibility index (Phi) is 2.85. The first kappa shape index (κ1) is 10.8. The number of rotatable bonds is 5. The zero-order chi connectivity index (χ0) is 11.7. The quantitative estimate of drug-likeness (QED) is 0.853. The molecule has 0 bridgehead atoms. The van der Waals surface area contributed by atoms with Gasteiger partial charge in [0.2, 0.25) is 0 Å². The van der Waals surface area contributed by atoms with Crippen LogP contribution in [0, 0.1) is 0 Å². The summed E-state index contributed by atoms with van der Waals surface area (Å²) in [5, 5.41) is 3.56. The Balaban J connectivity index is 1.83. The van der Waals surface area contributed by atoms with E-state index in [1.54, 1.807) is 0 Å². The third kappa shape index (κ3) is 2.20. The smallest absolute Gasteiger partial charge is 0.109 e. The molecular formula is C14H19N3. The summed E-state index contributed by atoms with van der Waals surface area (Å²) in [5.41, 5.74) is 2.39. The minimum Gasteiger partial charge on any atom is -0.327 e. The van der Waals surface area contributed by atoms with Crippen LogP contribution in [0.1, 0.15) is 25.6 Å². The van der Waals surface area contributed by atoms with Gasteiger partial charge in [-0.05, 0) is 25.0 Å². The summed E-state index contributed by atoms with van der Waals surface area (Å²) >= 11 is 0. The van der Waals surface area contributed by atoms with E-state index in [4.69, 9.17) is 0 Å². The summed E-state index contributed by atoms with van der Waals surface area (Å²) in [4.78, 5) is 4.68. The summed E-state index contributed by atoms with van der Waals surface area (Å²) in [6.07, 6.45) is 3.70. The number of imidazole rings is 1. The van der Waals surface area contributed by atoms with Crippen molar-refractivity contribution in [3.8, 4) is 0 Å². The molecule has 0 unspecified atom stereocenters. The zero-order valence-electron chi connectivity index (χ0n) is 10.3. The third-order valence-electron chi connectivity index (χ3n) is 3.40. The molecule has 1 aliphatic carbocycles. The van der Waals surface area contributed by atoms with Gasteiger partial charge in [-0.15, -0.1) is 0 Å². The molecule has 1 aromatic heterocycles. The van der Waals surface area contributed by atoms with Crippen LogP contribution >= 0.6 is 0 Å². The van der Waals surface area contributed by atoms with Crippen LogP contribution in [0.4, 0.5) is 0 Å². The highest BCUT2D eigenvalue weighted by atomic mass is 15.1. The van der Waals surface area contributed by atoms with Gasteiger partial charge in [-0.3, -0.25) is 0 Å². The Morgan fingerprint density at radius 3 is 2.94 bits per heavy atom. The summed E-state index contributed by atoms with van der Waals surface area (Å²) in [6, 6.07) is 9.20. The van der Waals surface area contributed by atoms with Gasteiger partial charge in [-0.2, -0.15) is 0 Å². The molecule has 90 valence electrons. The largest absolute Gasteiger partial charge is 0.327 e. The van der Waals surface area contributed by atoms with Crippen LogP contribution in [0.2, 0.25) is 0 Å². The molecule has 1 fully saturated rings. The first-order chi connectivity index (χ1) is 8.38. The van der Waals surface area contributed by atoms with Crippen molar-refractivity contribution in [2.75, 3.05) is 6.54 Å². The second kappa shape index (κ2) is 4.49. The summed E-state index contributed by atoms with van der Waals surface area (Å²) < 4.78 is 2.35. The normalized spacial score (nSPS) is 15.6. The molecule has 3 heteroatoms. The maximum absolute atomic E-state index is 4.68. The van der Waals surface area contributed by atoms with E-state index in [-0.39, 0.29) is 0 Å². The first-order valence-electron chi connectivity index (χ1n) is 6.56. The Bertz CT molecular complexity index is 511. The number of fused-ring (bicyclic) bond motifs is 1. The second-order valence-electron chi connectivity index (χ2n) is 4.75. The van der Waals surface area contributed by atoms with Crippen molar-refractivity contribution < 1.29 is 0 Å². The second-order valence-corrected chi connectivity index (χ2v) is 4.75. The summed E-state index contributed by atoms with van der Waals surface area (Å²) in [7, 11) is 0. The van der Waals surface area contributed by atoms with Crippen molar-refractivity contribution in [1.29, 1.82) is 0 Å². The lowest BCUT2D eigenvalue weighted by atomic mass is 10.3. The molecule has 1 aromatic carbocycles. The van der Waals surface area contributed by atoms with Crippen molar-refractivity contribution in [3.05, 3.63) is 30.1 Å². The molecule has 1 saturated carbocycles. The number of para-hydroxylation sites is 2. The predicted molar refractivity (Wildman–Crippen MR) is 70.1 cm³/mol. The third-order valence-corrected chi connectivity index (χ3v) is 3.40. The van der Waals surface area contributed by atoms with E-state index < -0.39 is 0 Å². The lowest BCUT2D eigenvalue weighted by Gasteiger charge is -2.08. The molecule has 3 rings (SSSR count). The molecule has 3 nitrogen and oxygen atoms in total. The van der Waals surface area contributed by atoms with E-state index >= 15 is 0 Å². The highest BCUT2D eigenvalue weighted by molar-refractivity contribution is 5.75. The van der Waals surface area contributed by atoms with Crippen molar-refractivity contribution in [2.24, 2.45) is 0 Å².